The van der Waals surface area contributed by atoms with Gasteiger partial charge in [-0.2, -0.15) is 0 Å². The predicted molar refractivity (Wildman–Crippen MR) is 133 cm³/mol. The van der Waals surface area contributed by atoms with Crippen molar-refractivity contribution in [1.82, 2.24) is 10.2 Å². The number of benzene rings is 2. The Balaban J connectivity index is 1.45. The van der Waals surface area contributed by atoms with E-state index in [1.807, 2.05) is 38.1 Å². The number of fused-ring (bicyclic) bond motifs is 2. The molecule has 2 aromatic rings. The number of ether oxygens (including phenoxy) is 2. The summed E-state index contributed by atoms with van der Waals surface area (Å²) in [4.78, 5) is 39.5. The zero-order chi connectivity index (χ0) is 24.9. The molecule has 3 atom stereocenters. The lowest BCUT2D eigenvalue weighted by molar-refractivity contribution is -0.133. The number of carbonyl (C=O) groups is 3. The first kappa shape index (κ1) is 24.5. The number of rotatable bonds is 5. The van der Waals surface area contributed by atoms with Crippen LogP contribution >= 0.6 is 0 Å². The van der Waals surface area contributed by atoms with Gasteiger partial charge in [-0.25, -0.2) is 4.79 Å². The van der Waals surface area contributed by atoms with Crippen molar-refractivity contribution < 1.29 is 23.9 Å². The SMILES string of the molecule is CCNC(=O)C[C@@H]1CC[C@@H]2[C@H](COc3ccc(NC(=O)Nc4cccc(C)c4)cc3C(=O)N2C)O1. The van der Waals surface area contributed by atoms with Gasteiger partial charge < -0.3 is 30.3 Å². The number of carbonyl (C=O) groups excluding carboxylic acids is 3. The Kier molecular flexibility index (Phi) is 7.55. The maximum atomic E-state index is 13.4. The Morgan fingerprint density at radius 2 is 1.86 bits per heavy atom. The van der Waals surface area contributed by atoms with E-state index in [0.29, 0.717) is 48.5 Å². The molecule has 4 rings (SSSR count). The molecule has 1 saturated heterocycles. The first-order valence-corrected chi connectivity index (χ1v) is 11.9. The van der Waals surface area contributed by atoms with E-state index in [4.69, 9.17) is 9.47 Å². The van der Waals surface area contributed by atoms with Crippen LogP contribution in [0.25, 0.3) is 0 Å². The van der Waals surface area contributed by atoms with Gasteiger partial charge in [-0.3, -0.25) is 9.59 Å². The summed E-state index contributed by atoms with van der Waals surface area (Å²) in [7, 11) is 1.76. The maximum absolute atomic E-state index is 13.4. The highest BCUT2D eigenvalue weighted by molar-refractivity contribution is 6.02. The number of urea groups is 1. The molecule has 0 radical (unpaired) electrons. The maximum Gasteiger partial charge on any atom is 0.323 e. The number of likely N-dealkylation sites (N-methyl/N-ethyl adjacent to an activating group) is 1. The number of aryl methyl sites for hydroxylation is 1. The molecule has 4 amide bonds. The second kappa shape index (κ2) is 10.8. The van der Waals surface area contributed by atoms with Gasteiger partial charge in [0.2, 0.25) is 5.91 Å². The Morgan fingerprint density at radius 3 is 2.60 bits per heavy atom. The van der Waals surface area contributed by atoms with Gasteiger partial charge in [0.25, 0.3) is 5.91 Å². The van der Waals surface area contributed by atoms with Crippen molar-refractivity contribution in [3.8, 4) is 5.75 Å². The first-order valence-electron chi connectivity index (χ1n) is 11.9. The molecule has 2 aromatic carbocycles. The van der Waals surface area contributed by atoms with Crippen molar-refractivity contribution in [3.63, 3.8) is 0 Å². The number of amides is 4. The molecule has 0 aliphatic carbocycles. The standard InChI is InChI=1S/C26H32N4O5/c1-4-27-24(31)14-19-9-10-21-23(35-19)15-34-22-11-8-18(13-20(22)25(32)30(21)3)29-26(33)28-17-7-5-6-16(2)12-17/h5-8,11-13,19,21,23H,4,9-10,14-15H2,1-3H3,(H,27,31)(H2,28,29,33)/t19-,21+,23-/m0/s1. The number of anilines is 2. The topological polar surface area (TPSA) is 109 Å². The zero-order valence-electron chi connectivity index (χ0n) is 20.3. The van der Waals surface area contributed by atoms with E-state index in [1.165, 1.54) is 0 Å². The molecule has 0 bridgehead atoms. The molecule has 186 valence electrons. The van der Waals surface area contributed by atoms with Gasteiger partial charge in [0, 0.05) is 25.0 Å². The highest BCUT2D eigenvalue weighted by atomic mass is 16.5. The fraction of sp³-hybridized carbons (Fsp3) is 0.423. The van der Waals surface area contributed by atoms with E-state index in [0.717, 1.165) is 5.56 Å². The second-order valence-electron chi connectivity index (χ2n) is 8.99. The van der Waals surface area contributed by atoms with E-state index in [1.54, 1.807) is 30.1 Å². The summed E-state index contributed by atoms with van der Waals surface area (Å²) in [5, 5.41) is 8.38. The quantitative estimate of drug-likeness (QED) is 0.607. The molecule has 0 unspecified atom stereocenters. The van der Waals surface area contributed by atoms with Crippen molar-refractivity contribution in [1.29, 1.82) is 0 Å². The molecule has 3 N–H and O–H groups in total. The molecule has 9 heteroatoms. The first-order chi connectivity index (χ1) is 16.8. The Morgan fingerprint density at radius 1 is 1.09 bits per heavy atom. The van der Waals surface area contributed by atoms with Gasteiger partial charge in [0.1, 0.15) is 18.5 Å². The minimum absolute atomic E-state index is 0.0380. The summed E-state index contributed by atoms with van der Waals surface area (Å²) in [6.07, 6.45) is 1.16. The van der Waals surface area contributed by atoms with E-state index in [2.05, 4.69) is 16.0 Å². The third kappa shape index (κ3) is 5.92. The van der Waals surface area contributed by atoms with Crippen LogP contribution in [0.5, 0.6) is 5.75 Å². The summed E-state index contributed by atoms with van der Waals surface area (Å²) in [5.41, 5.74) is 2.58. The fourth-order valence-electron chi connectivity index (χ4n) is 4.60. The third-order valence-electron chi connectivity index (χ3n) is 6.33. The number of nitrogens with zero attached hydrogens (tertiary/aromatic N) is 1. The highest BCUT2D eigenvalue weighted by Gasteiger charge is 2.39. The number of nitrogens with one attached hydrogen (secondary N) is 3. The molecule has 0 saturated carbocycles. The van der Waals surface area contributed by atoms with Crippen LogP contribution in [0.15, 0.2) is 42.5 Å². The predicted octanol–water partition coefficient (Wildman–Crippen LogP) is 3.55. The normalized spacial score (nSPS) is 21.5. The Labute approximate surface area is 205 Å². The van der Waals surface area contributed by atoms with Gasteiger partial charge in [-0.1, -0.05) is 12.1 Å². The summed E-state index contributed by atoms with van der Waals surface area (Å²) in [6, 6.07) is 11.9. The molecule has 2 aliphatic rings. The minimum Gasteiger partial charge on any atom is -0.490 e. The molecule has 35 heavy (non-hydrogen) atoms. The van der Waals surface area contributed by atoms with Crippen molar-refractivity contribution in [3.05, 3.63) is 53.6 Å². The van der Waals surface area contributed by atoms with Crippen LogP contribution < -0.4 is 20.7 Å². The molecule has 2 aliphatic heterocycles. The van der Waals surface area contributed by atoms with Crippen molar-refractivity contribution in [2.75, 3.05) is 30.8 Å². The molecule has 1 fully saturated rings. The summed E-state index contributed by atoms with van der Waals surface area (Å²) >= 11 is 0. The van der Waals surface area contributed by atoms with Crippen LogP contribution in [-0.4, -0.2) is 61.2 Å². The van der Waals surface area contributed by atoms with Gasteiger partial charge in [-0.15, -0.1) is 0 Å². The highest BCUT2D eigenvalue weighted by Crippen LogP contribution is 2.32. The molecular weight excluding hydrogens is 448 g/mol. The van der Waals surface area contributed by atoms with Gasteiger partial charge in [0.05, 0.1) is 24.1 Å². The molecule has 0 spiro atoms. The van der Waals surface area contributed by atoms with Gasteiger partial charge in [0.15, 0.2) is 0 Å². The summed E-state index contributed by atoms with van der Waals surface area (Å²) in [6.45, 7) is 4.68. The number of hydrogen-bond donors (Lipinski definition) is 3. The molecule has 0 aromatic heterocycles. The van der Waals surface area contributed by atoms with Gasteiger partial charge >= 0.3 is 6.03 Å². The van der Waals surface area contributed by atoms with Crippen LogP contribution in [0.3, 0.4) is 0 Å². The van der Waals surface area contributed by atoms with Crippen molar-refractivity contribution >= 4 is 29.2 Å². The Bertz CT molecular complexity index is 1100. The largest absolute Gasteiger partial charge is 0.490 e. The third-order valence-corrected chi connectivity index (χ3v) is 6.33. The summed E-state index contributed by atoms with van der Waals surface area (Å²) < 4.78 is 12.2. The van der Waals surface area contributed by atoms with E-state index < -0.39 is 6.03 Å². The lowest BCUT2D eigenvalue weighted by atomic mass is 9.94. The van der Waals surface area contributed by atoms with Crippen molar-refractivity contribution in [2.24, 2.45) is 0 Å². The Hall–Kier alpha value is -3.59. The van der Waals surface area contributed by atoms with Crippen LogP contribution in [0.4, 0.5) is 16.2 Å². The number of hydrogen-bond acceptors (Lipinski definition) is 5. The van der Waals surface area contributed by atoms with Crippen LogP contribution in [-0.2, 0) is 9.53 Å². The summed E-state index contributed by atoms with van der Waals surface area (Å²) in [5.74, 6) is 0.187. The smallest absolute Gasteiger partial charge is 0.323 e. The van der Waals surface area contributed by atoms with E-state index >= 15 is 0 Å². The van der Waals surface area contributed by atoms with Crippen LogP contribution in [0.2, 0.25) is 0 Å². The van der Waals surface area contributed by atoms with E-state index in [9.17, 15) is 14.4 Å². The fourth-order valence-corrected chi connectivity index (χ4v) is 4.60. The lowest BCUT2D eigenvalue weighted by Crippen LogP contribution is -2.54. The second-order valence-corrected chi connectivity index (χ2v) is 8.99. The monoisotopic (exact) mass is 480 g/mol. The average molecular weight is 481 g/mol. The van der Waals surface area contributed by atoms with Gasteiger partial charge in [-0.05, 0) is 62.6 Å². The van der Waals surface area contributed by atoms with Crippen LogP contribution in [0, 0.1) is 6.92 Å². The van der Waals surface area contributed by atoms with Crippen LogP contribution in [0.1, 0.15) is 42.1 Å². The average Bonchev–Trinajstić information content (AvgIpc) is 2.82. The lowest BCUT2D eigenvalue weighted by Gasteiger charge is -2.42. The molecular formula is C26H32N4O5. The molecule has 2 heterocycles. The van der Waals surface area contributed by atoms with Crippen molar-refractivity contribution in [2.45, 2.75) is 51.4 Å². The van der Waals surface area contributed by atoms with E-state index in [-0.39, 0.29) is 36.7 Å². The minimum atomic E-state index is -0.401. The zero-order valence-corrected chi connectivity index (χ0v) is 20.3. The molecule has 9 nitrogen and oxygen atoms in total.